The Morgan fingerprint density at radius 1 is 1.05 bits per heavy atom. The molecule has 0 aromatic heterocycles. The average Bonchev–Trinajstić information content (AvgIpc) is 2.93. The van der Waals surface area contributed by atoms with E-state index in [1.165, 1.54) is 9.21 Å². The first-order chi connectivity index (χ1) is 19.7. The van der Waals surface area contributed by atoms with Crippen LogP contribution < -0.4 is 0 Å². The van der Waals surface area contributed by atoms with Gasteiger partial charge in [-0.15, -0.1) is 11.6 Å². The van der Waals surface area contributed by atoms with Gasteiger partial charge < -0.3 is 14.5 Å². The lowest BCUT2D eigenvalue weighted by Gasteiger charge is -2.54. The van der Waals surface area contributed by atoms with Crippen molar-refractivity contribution < 1.29 is 22.7 Å². The Morgan fingerprint density at radius 3 is 1.98 bits per heavy atom. The Labute approximate surface area is 264 Å². The van der Waals surface area contributed by atoms with Crippen LogP contribution in [0.15, 0.2) is 48.8 Å². The molecule has 42 heavy (non-hydrogen) atoms. The van der Waals surface area contributed by atoms with Gasteiger partial charge >= 0.3 is 0 Å². The Hall–Kier alpha value is -2.11. The molecule has 2 saturated heterocycles. The molecule has 2 amide bonds. The molecule has 2 fully saturated rings. The van der Waals surface area contributed by atoms with Crippen LogP contribution in [0.3, 0.4) is 0 Å². The zero-order valence-corrected chi connectivity index (χ0v) is 29.1. The fraction of sp³-hybridized carbons (Fsp3) is 0.600. The molecular weight excluding hydrogens is 599 g/mol. The molecule has 1 aromatic rings. The molecule has 0 aliphatic carbocycles. The molecule has 0 radical (unpaired) electrons. The van der Waals surface area contributed by atoms with Gasteiger partial charge in [0.15, 0.2) is 0 Å². The first-order valence-electron chi connectivity index (χ1n) is 14.1. The number of rotatable bonds is 7. The van der Waals surface area contributed by atoms with Gasteiger partial charge in [0.25, 0.3) is 0 Å². The number of benzene rings is 1. The number of amides is 2. The van der Waals surface area contributed by atoms with Crippen molar-refractivity contribution in [3.8, 4) is 0 Å². The summed E-state index contributed by atoms with van der Waals surface area (Å²) in [5.41, 5.74) is 0.854. The highest BCUT2D eigenvalue weighted by atomic mass is 35.5. The van der Waals surface area contributed by atoms with E-state index in [2.05, 4.69) is 4.74 Å². The number of ether oxygens (including phenoxy) is 1. The van der Waals surface area contributed by atoms with Gasteiger partial charge in [-0.1, -0.05) is 55.8 Å². The molecule has 240 valence electrons. The molecule has 2 aliphatic heterocycles. The van der Waals surface area contributed by atoms with E-state index in [0.29, 0.717) is 17.3 Å². The number of nitrogens with zero attached hydrogens (tertiary/aromatic N) is 4. The molecule has 3 rings (SSSR count). The molecule has 0 N–H and O–H groups in total. The number of hydrogen-bond donors (Lipinski definition) is 0. The molecule has 0 bridgehead atoms. The van der Waals surface area contributed by atoms with Crippen LogP contribution in [0.4, 0.5) is 0 Å². The largest absolute Gasteiger partial charge is 0.505 e. The van der Waals surface area contributed by atoms with E-state index >= 15 is 0 Å². The zero-order valence-electron chi connectivity index (χ0n) is 26.8. The lowest BCUT2D eigenvalue weighted by Crippen LogP contribution is -2.76. The van der Waals surface area contributed by atoms with Crippen LogP contribution in [-0.2, 0) is 30.8 Å². The van der Waals surface area contributed by atoms with Gasteiger partial charge in [-0.05, 0) is 59.5 Å². The van der Waals surface area contributed by atoms with E-state index in [0.717, 1.165) is 11.8 Å². The van der Waals surface area contributed by atoms with Crippen molar-refractivity contribution in [1.29, 1.82) is 0 Å². The van der Waals surface area contributed by atoms with Crippen molar-refractivity contribution in [3.63, 3.8) is 0 Å². The van der Waals surface area contributed by atoms with Gasteiger partial charge in [0.1, 0.15) is 18.2 Å². The van der Waals surface area contributed by atoms with Gasteiger partial charge in [-0.25, -0.2) is 8.42 Å². The molecule has 12 heteroatoms. The predicted octanol–water partition coefficient (Wildman–Crippen LogP) is 4.86. The highest BCUT2D eigenvalue weighted by Gasteiger charge is 2.53. The molecule has 2 heterocycles. The molecule has 1 aromatic carbocycles. The predicted molar refractivity (Wildman–Crippen MR) is 174 cm³/mol. The molecule has 3 atom stereocenters. The van der Waals surface area contributed by atoms with Crippen molar-refractivity contribution >= 4 is 45.0 Å². The average molecular weight is 650 g/mol. The Balaban J connectivity index is 0.00000119. The van der Waals surface area contributed by atoms with Crippen LogP contribution in [0.25, 0.3) is 0 Å². The number of alkyl halides is 1. The fourth-order valence-corrected chi connectivity index (χ4v) is 5.73. The molecule has 0 saturated carbocycles. The second-order valence-corrected chi connectivity index (χ2v) is 12.6. The van der Waals surface area contributed by atoms with E-state index in [-0.39, 0.29) is 30.9 Å². The van der Waals surface area contributed by atoms with E-state index in [1.54, 1.807) is 49.4 Å². The smallest absolute Gasteiger partial charge is 0.246 e. The van der Waals surface area contributed by atoms with Crippen LogP contribution in [0, 0.1) is 0 Å². The molecule has 2 aliphatic rings. The molecule has 3 unspecified atom stereocenters. The number of likely N-dealkylation sites (N-methyl/N-ethyl adjacent to an activating group) is 1. The topological polar surface area (TPSA) is 90.5 Å². The summed E-state index contributed by atoms with van der Waals surface area (Å²) in [6.07, 6.45) is 7.99. The van der Waals surface area contributed by atoms with Crippen molar-refractivity contribution in [2.24, 2.45) is 0 Å². The summed E-state index contributed by atoms with van der Waals surface area (Å²) in [5, 5.41) is 0.584. The third-order valence-corrected chi connectivity index (χ3v) is 8.10. The maximum Gasteiger partial charge on any atom is 0.246 e. The standard InChI is InChI=1S/C20H29ClN4O4S.C4H7Cl.C4H8O.C2H6/c1-13(2)23-12-18-24(30(5,28)29)11-17(22(3)4)20(27)25(18)16(19(23)26)10-14-6-8-15(21)9-7-14;1-2-3-4-5;1-3-4-5-2;1-2/h6-9,13,16-18H,10-12H2,1-5H3;2-3H,4H2,1H3;3-4H,1-2H3;1-2H3/b;3-2-;4-3+;. The van der Waals surface area contributed by atoms with Crippen LogP contribution in [0.5, 0.6) is 0 Å². The minimum Gasteiger partial charge on any atom is -0.505 e. The fourth-order valence-electron chi connectivity index (χ4n) is 4.41. The Bertz CT molecular complexity index is 1100. The van der Waals surface area contributed by atoms with Gasteiger partial charge in [0.2, 0.25) is 21.8 Å². The van der Waals surface area contributed by atoms with Gasteiger partial charge in [0.05, 0.1) is 26.2 Å². The SMILES string of the molecule is C/C=C/OC.C/C=C\CCl.CC.CC(C)N1CC2N(C(=O)C(N(C)C)CN2S(C)(=O)=O)C(Cc2ccc(Cl)cc2)C1=O. The summed E-state index contributed by atoms with van der Waals surface area (Å²) in [6, 6.07) is 5.58. The second-order valence-electron chi connectivity index (χ2n) is 9.90. The lowest BCUT2D eigenvalue weighted by molar-refractivity contribution is -0.171. The number of hydrogen-bond acceptors (Lipinski definition) is 6. The summed E-state index contributed by atoms with van der Waals surface area (Å²) in [7, 11) is 1.51. The van der Waals surface area contributed by atoms with Crippen molar-refractivity contribution in [2.45, 2.75) is 72.3 Å². The van der Waals surface area contributed by atoms with Crippen LogP contribution >= 0.6 is 23.2 Å². The van der Waals surface area contributed by atoms with Gasteiger partial charge in [0, 0.05) is 29.9 Å². The monoisotopic (exact) mass is 648 g/mol. The number of methoxy groups -OCH3 is 1. The first kappa shape index (κ1) is 39.9. The number of carbonyl (C=O) groups excluding carboxylic acids is 2. The number of fused-ring (bicyclic) bond motifs is 1. The number of allylic oxidation sites excluding steroid dienone is 3. The molecular formula is C30H50Cl2N4O5S. The summed E-state index contributed by atoms with van der Waals surface area (Å²) in [5.74, 6) is 0.245. The minimum absolute atomic E-state index is 0.0691. The second kappa shape index (κ2) is 20.0. The summed E-state index contributed by atoms with van der Waals surface area (Å²) in [4.78, 5) is 31.7. The van der Waals surface area contributed by atoms with Crippen LogP contribution in [-0.4, -0.2) is 110 Å². The minimum atomic E-state index is -3.60. The maximum absolute atomic E-state index is 13.4. The van der Waals surface area contributed by atoms with Gasteiger partial charge in [-0.2, -0.15) is 4.31 Å². The van der Waals surface area contributed by atoms with E-state index in [4.69, 9.17) is 23.2 Å². The van der Waals surface area contributed by atoms with Crippen molar-refractivity contribution in [1.82, 2.24) is 19.0 Å². The van der Waals surface area contributed by atoms with E-state index in [9.17, 15) is 18.0 Å². The highest BCUT2D eigenvalue weighted by molar-refractivity contribution is 7.88. The first-order valence-corrected chi connectivity index (χ1v) is 16.8. The van der Waals surface area contributed by atoms with E-state index < -0.39 is 28.3 Å². The lowest BCUT2D eigenvalue weighted by atomic mass is 9.96. The summed E-state index contributed by atoms with van der Waals surface area (Å²) < 4.78 is 31.1. The van der Waals surface area contributed by atoms with E-state index in [1.807, 2.05) is 71.9 Å². The Morgan fingerprint density at radius 2 is 1.62 bits per heavy atom. The summed E-state index contributed by atoms with van der Waals surface area (Å²) >= 11 is 11.2. The molecule has 0 spiro atoms. The molecule has 9 nitrogen and oxygen atoms in total. The van der Waals surface area contributed by atoms with Crippen molar-refractivity contribution in [2.75, 3.05) is 46.4 Å². The maximum atomic E-state index is 13.4. The number of sulfonamides is 1. The third-order valence-electron chi connectivity index (χ3n) is 6.42. The Kier molecular flexibility index (Phi) is 19.0. The van der Waals surface area contributed by atoms with Crippen LogP contribution in [0.2, 0.25) is 5.02 Å². The number of halogens is 2. The normalized spacial score (nSPS) is 21.0. The zero-order chi connectivity index (χ0) is 32.6. The third kappa shape index (κ3) is 11.9. The number of piperazine rings is 1. The van der Waals surface area contributed by atoms with Crippen molar-refractivity contribution in [3.05, 3.63) is 59.3 Å². The quantitative estimate of drug-likeness (QED) is 0.238. The van der Waals surface area contributed by atoms with Gasteiger partial charge in [-0.3, -0.25) is 14.5 Å². The highest BCUT2D eigenvalue weighted by Crippen LogP contribution is 2.31. The number of carbonyl (C=O) groups is 2. The van der Waals surface area contributed by atoms with Crippen LogP contribution in [0.1, 0.15) is 47.1 Å². The summed E-state index contributed by atoms with van der Waals surface area (Å²) in [6.45, 7) is 11.9.